The number of para-hydroxylation sites is 1. The maximum atomic E-state index is 13.4. The van der Waals surface area contributed by atoms with Crippen molar-refractivity contribution in [2.24, 2.45) is 0 Å². The molecule has 4 rings (SSSR count). The van der Waals surface area contributed by atoms with E-state index in [2.05, 4.69) is 22.2 Å². The molecule has 3 aromatic rings. The highest BCUT2D eigenvalue weighted by Gasteiger charge is 2.26. The smallest absolute Gasteiger partial charge is 0.387 e. The van der Waals surface area contributed by atoms with Gasteiger partial charge in [-0.15, -0.1) is 0 Å². The normalized spacial score (nSPS) is 14.2. The summed E-state index contributed by atoms with van der Waals surface area (Å²) in [6.07, 6.45) is 3.30. The van der Waals surface area contributed by atoms with E-state index in [9.17, 15) is 13.6 Å². The molecule has 9 heteroatoms. The number of aromatic nitrogens is 2. The number of benzene rings is 2. The summed E-state index contributed by atoms with van der Waals surface area (Å²) >= 11 is 0. The van der Waals surface area contributed by atoms with Crippen molar-refractivity contribution in [2.45, 2.75) is 32.9 Å². The third-order valence-electron chi connectivity index (χ3n) is 6.23. The number of nitrogens with one attached hydrogen (secondary N) is 1. The molecule has 2 aromatic carbocycles. The van der Waals surface area contributed by atoms with Gasteiger partial charge < -0.3 is 9.75 Å². The Morgan fingerprint density at radius 2 is 2.06 bits per heavy atom. The number of carbonyl (C=O) groups excluding carboxylic acids is 1. The third-order valence-corrected chi connectivity index (χ3v) is 6.23. The number of hydrazine groups is 1. The zero-order valence-electron chi connectivity index (χ0n) is 20.8. The second kappa shape index (κ2) is 10.9. The van der Waals surface area contributed by atoms with Gasteiger partial charge in [0.2, 0.25) is 0 Å². The summed E-state index contributed by atoms with van der Waals surface area (Å²) in [6, 6.07) is 10.0. The highest BCUT2D eigenvalue weighted by Crippen LogP contribution is 2.36. The Hall–Kier alpha value is -3.74. The molecule has 2 heterocycles. The fraction of sp³-hybridized carbons (Fsp3) is 0.333. The number of aldehydes is 1. The van der Waals surface area contributed by atoms with Crippen LogP contribution < -0.4 is 10.2 Å². The van der Waals surface area contributed by atoms with Gasteiger partial charge in [-0.25, -0.2) is 10.4 Å². The first-order valence-electron chi connectivity index (χ1n) is 11.8. The second-order valence-electron chi connectivity index (χ2n) is 8.55. The van der Waals surface area contributed by atoms with Crippen LogP contribution in [0.15, 0.2) is 48.2 Å². The van der Waals surface area contributed by atoms with Gasteiger partial charge in [0, 0.05) is 36.5 Å². The Morgan fingerprint density at radius 3 is 2.69 bits per heavy atom. The first-order chi connectivity index (χ1) is 17.4. The van der Waals surface area contributed by atoms with Crippen molar-refractivity contribution in [1.29, 1.82) is 0 Å². The van der Waals surface area contributed by atoms with E-state index in [1.165, 1.54) is 12.1 Å². The third kappa shape index (κ3) is 5.10. The topological polar surface area (TPSA) is 62.6 Å². The Bertz CT molecular complexity index is 1360. The first-order valence-corrected chi connectivity index (χ1v) is 11.8. The van der Waals surface area contributed by atoms with E-state index in [0.29, 0.717) is 29.7 Å². The number of rotatable bonds is 8. The van der Waals surface area contributed by atoms with Crippen LogP contribution in [0.4, 0.5) is 8.78 Å². The Balaban J connectivity index is 1.98. The Kier molecular flexibility index (Phi) is 7.67. The number of alkyl halides is 2. The van der Waals surface area contributed by atoms with Gasteiger partial charge in [0.05, 0.1) is 17.1 Å². The largest absolute Gasteiger partial charge is 0.433 e. The molecule has 0 spiro atoms. The molecule has 1 atom stereocenters. The lowest BCUT2D eigenvalue weighted by molar-refractivity contribution is -0.0498. The summed E-state index contributed by atoms with van der Waals surface area (Å²) in [7, 11) is 3.89. The maximum Gasteiger partial charge on any atom is 0.387 e. The molecule has 1 N–H and O–H groups in total. The molecule has 0 saturated heterocycles. The molecular weight excluding hydrogens is 464 g/mol. The zero-order valence-corrected chi connectivity index (χ0v) is 20.8. The number of ether oxygens (including phenoxy) is 1. The molecule has 36 heavy (non-hydrogen) atoms. The number of nitrogens with zero attached hydrogens (tertiary/aromatic N) is 4. The van der Waals surface area contributed by atoms with Crippen LogP contribution in [0.3, 0.4) is 0 Å². The van der Waals surface area contributed by atoms with Gasteiger partial charge in [0.1, 0.15) is 11.5 Å². The fourth-order valence-electron chi connectivity index (χ4n) is 4.37. The minimum atomic E-state index is -3.04. The standard InChI is InChI=1S/C27H29F2N5O2/c1-5-22(32(3)6-2)26-31-21-13-12-18(10-11-19-15-30-33(4)16-19)14-23(21)34(26)25-20(17-35)8-7-9-24(25)36-27(28)29/h7-9,12-14,16-17,22,27,30H,5-6,15H2,1-4H3/t22-/m1/s1. The van der Waals surface area contributed by atoms with Crippen molar-refractivity contribution in [2.75, 3.05) is 27.2 Å². The van der Waals surface area contributed by atoms with Gasteiger partial charge in [-0.1, -0.05) is 31.8 Å². The van der Waals surface area contributed by atoms with E-state index < -0.39 is 6.61 Å². The summed E-state index contributed by atoms with van der Waals surface area (Å²) in [5, 5.41) is 1.85. The highest BCUT2D eigenvalue weighted by molar-refractivity contribution is 5.87. The summed E-state index contributed by atoms with van der Waals surface area (Å²) in [6.45, 7) is 2.44. The molecular formula is C27H29F2N5O2. The van der Waals surface area contributed by atoms with E-state index >= 15 is 0 Å². The molecule has 0 unspecified atom stereocenters. The molecule has 0 bridgehead atoms. The van der Waals surface area contributed by atoms with Crippen LogP contribution >= 0.6 is 0 Å². The number of imidazole rings is 1. The average Bonchev–Trinajstić information content (AvgIpc) is 3.45. The van der Waals surface area contributed by atoms with E-state index in [0.717, 1.165) is 24.1 Å². The number of halogens is 2. The molecule has 1 aliphatic heterocycles. The van der Waals surface area contributed by atoms with Crippen LogP contribution in [-0.4, -0.2) is 59.5 Å². The van der Waals surface area contributed by atoms with Crippen LogP contribution in [0.1, 0.15) is 48.1 Å². The summed E-state index contributed by atoms with van der Waals surface area (Å²) in [5.74, 6) is 6.90. The van der Waals surface area contributed by atoms with Gasteiger partial charge in [0.15, 0.2) is 12.0 Å². The predicted molar refractivity (Wildman–Crippen MR) is 135 cm³/mol. The van der Waals surface area contributed by atoms with Gasteiger partial charge >= 0.3 is 6.61 Å². The molecule has 7 nitrogen and oxygen atoms in total. The summed E-state index contributed by atoms with van der Waals surface area (Å²) in [4.78, 5) is 19.1. The van der Waals surface area contributed by atoms with Crippen LogP contribution in [0.25, 0.3) is 16.7 Å². The van der Waals surface area contributed by atoms with Crippen molar-refractivity contribution >= 4 is 17.3 Å². The SMILES string of the molecule is CC[C@H](c1nc2ccc(C#CC3=CN(C)NC3)cc2n1-c1c(C=O)cccc1OC(F)F)N(C)CC. The molecule has 1 aromatic heterocycles. The lowest BCUT2D eigenvalue weighted by atomic mass is 10.1. The van der Waals surface area contributed by atoms with Gasteiger partial charge in [-0.05, 0) is 50.3 Å². The van der Waals surface area contributed by atoms with Crippen molar-refractivity contribution in [1.82, 2.24) is 24.9 Å². The minimum Gasteiger partial charge on any atom is -0.433 e. The van der Waals surface area contributed by atoms with Crippen molar-refractivity contribution in [3.8, 4) is 23.3 Å². The van der Waals surface area contributed by atoms with Crippen molar-refractivity contribution < 1.29 is 18.3 Å². The molecule has 1 aliphatic rings. The lowest BCUT2D eigenvalue weighted by Gasteiger charge is -2.27. The Morgan fingerprint density at radius 1 is 1.25 bits per heavy atom. The maximum absolute atomic E-state index is 13.4. The summed E-state index contributed by atoms with van der Waals surface area (Å²) in [5.41, 5.74) is 6.63. The highest BCUT2D eigenvalue weighted by atomic mass is 19.3. The lowest BCUT2D eigenvalue weighted by Crippen LogP contribution is -2.26. The van der Waals surface area contributed by atoms with Crippen LogP contribution in [0.5, 0.6) is 5.75 Å². The number of hydrogen-bond donors (Lipinski definition) is 1. The number of hydrogen-bond acceptors (Lipinski definition) is 6. The molecule has 188 valence electrons. The number of carbonyl (C=O) groups is 1. The first kappa shape index (κ1) is 25.4. The second-order valence-corrected chi connectivity index (χ2v) is 8.55. The molecule has 0 saturated carbocycles. The molecule has 0 fully saturated rings. The van der Waals surface area contributed by atoms with Crippen LogP contribution in [0, 0.1) is 11.8 Å². The van der Waals surface area contributed by atoms with Crippen LogP contribution in [0.2, 0.25) is 0 Å². The quantitative estimate of drug-likeness (QED) is 0.368. The van der Waals surface area contributed by atoms with Gasteiger partial charge in [-0.3, -0.25) is 14.3 Å². The minimum absolute atomic E-state index is 0.0918. The molecule has 0 radical (unpaired) electrons. The average molecular weight is 494 g/mol. The van der Waals surface area contributed by atoms with E-state index in [-0.39, 0.29) is 23.0 Å². The van der Waals surface area contributed by atoms with Crippen molar-refractivity contribution in [3.05, 3.63) is 65.1 Å². The van der Waals surface area contributed by atoms with Crippen LogP contribution in [-0.2, 0) is 0 Å². The van der Waals surface area contributed by atoms with Gasteiger partial charge in [-0.2, -0.15) is 8.78 Å². The van der Waals surface area contributed by atoms with Gasteiger partial charge in [0.25, 0.3) is 0 Å². The van der Waals surface area contributed by atoms with E-state index in [1.807, 2.05) is 57.4 Å². The number of fused-ring (bicyclic) bond motifs is 1. The van der Waals surface area contributed by atoms with Crippen molar-refractivity contribution in [3.63, 3.8) is 0 Å². The van der Waals surface area contributed by atoms with E-state index in [4.69, 9.17) is 9.72 Å². The molecule has 0 amide bonds. The Labute approximate surface area is 209 Å². The summed E-state index contributed by atoms with van der Waals surface area (Å²) < 4.78 is 33.4. The fourth-order valence-corrected chi connectivity index (χ4v) is 4.37. The zero-order chi connectivity index (χ0) is 25.8. The van der Waals surface area contributed by atoms with E-state index in [1.54, 1.807) is 10.6 Å². The predicted octanol–water partition coefficient (Wildman–Crippen LogP) is 4.53. The molecule has 0 aliphatic carbocycles. The monoisotopic (exact) mass is 493 g/mol.